The Labute approximate surface area is 101 Å². The molecule has 2 N–H and O–H groups in total. The Kier molecular flexibility index (Phi) is 3.64. The third-order valence-corrected chi connectivity index (χ3v) is 2.78. The Morgan fingerprint density at radius 1 is 1.53 bits per heavy atom. The van der Waals surface area contributed by atoms with Gasteiger partial charge in [0.1, 0.15) is 5.75 Å². The van der Waals surface area contributed by atoms with Crippen LogP contribution in [0.15, 0.2) is 24.3 Å². The van der Waals surface area contributed by atoms with Gasteiger partial charge < -0.3 is 15.2 Å². The van der Waals surface area contributed by atoms with E-state index >= 15 is 0 Å². The van der Waals surface area contributed by atoms with Gasteiger partial charge in [-0.3, -0.25) is 0 Å². The van der Waals surface area contributed by atoms with Crippen LogP contribution >= 0.6 is 0 Å². The minimum Gasteiger partial charge on any atom is -0.479 e. The van der Waals surface area contributed by atoms with Gasteiger partial charge in [-0.15, -0.1) is 0 Å². The average molecular weight is 235 g/mol. The van der Waals surface area contributed by atoms with Gasteiger partial charge in [-0.25, -0.2) is 4.79 Å². The fourth-order valence-corrected chi connectivity index (χ4v) is 1.55. The zero-order valence-electron chi connectivity index (χ0n) is 9.85. The van der Waals surface area contributed by atoms with E-state index in [0.717, 1.165) is 12.1 Å². The van der Waals surface area contributed by atoms with Gasteiger partial charge in [0.2, 0.25) is 0 Å². The van der Waals surface area contributed by atoms with Gasteiger partial charge in [-0.2, -0.15) is 0 Å². The number of aliphatic carboxylic acids is 1. The first-order chi connectivity index (χ1) is 8.16. The summed E-state index contributed by atoms with van der Waals surface area (Å²) in [6.07, 6.45) is 1.64. The topological polar surface area (TPSA) is 58.6 Å². The molecule has 92 valence electrons. The van der Waals surface area contributed by atoms with E-state index in [2.05, 4.69) is 5.32 Å². The molecule has 1 aliphatic rings. The number of hydrogen-bond acceptors (Lipinski definition) is 3. The van der Waals surface area contributed by atoms with E-state index in [1.165, 1.54) is 19.8 Å². The third-order valence-electron chi connectivity index (χ3n) is 2.78. The number of para-hydroxylation sites is 1. The van der Waals surface area contributed by atoms with Gasteiger partial charge in [-0.05, 0) is 25.8 Å². The summed E-state index contributed by atoms with van der Waals surface area (Å²) >= 11 is 0. The van der Waals surface area contributed by atoms with Crippen molar-refractivity contribution in [2.75, 3.05) is 0 Å². The summed E-state index contributed by atoms with van der Waals surface area (Å²) in [7, 11) is 0. The maximum absolute atomic E-state index is 10.8. The van der Waals surface area contributed by atoms with Crippen molar-refractivity contribution in [3.63, 3.8) is 0 Å². The summed E-state index contributed by atoms with van der Waals surface area (Å²) in [5.74, 6) is -0.300. The standard InChI is InChI=1S/C13H17NO3/c1-9(13(15)16)17-12-5-3-2-4-10(12)8-14-11-6-7-11/h2-5,9,11,14H,6-8H2,1H3,(H,15,16). The van der Waals surface area contributed by atoms with Gasteiger partial charge >= 0.3 is 5.97 Å². The lowest BCUT2D eigenvalue weighted by Gasteiger charge is -2.14. The van der Waals surface area contributed by atoms with E-state index in [1.807, 2.05) is 24.3 Å². The molecular weight excluding hydrogens is 218 g/mol. The maximum Gasteiger partial charge on any atom is 0.344 e. The van der Waals surface area contributed by atoms with Crippen LogP contribution in [0.3, 0.4) is 0 Å². The van der Waals surface area contributed by atoms with Crippen LogP contribution in [0.5, 0.6) is 5.75 Å². The second kappa shape index (κ2) is 5.19. The molecule has 1 fully saturated rings. The Hall–Kier alpha value is -1.55. The van der Waals surface area contributed by atoms with Gasteiger partial charge in [0.25, 0.3) is 0 Å². The maximum atomic E-state index is 10.8. The molecule has 0 aliphatic heterocycles. The monoisotopic (exact) mass is 235 g/mol. The number of rotatable bonds is 6. The summed E-state index contributed by atoms with van der Waals surface area (Å²) in [5, 5.41) is 12.2. The van der Waals surface area contributed by atoms with Gasteiger partial charge in [0.05, 0.1) is 0 Å². The van der Waals surface area contributed by atoms with E-state index < -0.39 is 12.1 Å². The van der Waals surface area contributed by atoms with E-state index in [4.69, 9.17) is 9.84 Å². The lowest BCUT2D eigenvalue weighted by atomic mass is 10.2. The van der Waals surface area contributed by atoms with Crippen LogP contribution in [0.25, 0.3) is 0 Å². The molecular formula is C13H17NO3. The molecule has 0 bridgehead atoms. The Morgan fingerprint density at radius 3 is 2.88 bits per heavy atom. The summed E-state index contributed by atoms with van der Waals surface area (Å²) in [5.41, 5.74) is 1.01. The summed E-state index contributed by atoms with van der Waals surface area (Å²) < 4.78 is 5.42. The second-order valence-electron chi connectivity index (χ2n) is 4.36. The molecule has 0 radical (unpaired) electrons. The van der Waals surface area contributed by atoms with Crippen LogP contribution in [0.1, 0.15) is 25.3 Å². The first kappa shape index (κ1) is 11.9. The Bertz CT molecular complexity index is 401. The SMILES string of the molecule is CC(Oc1ccccc1CNC1CC1)C(=O)O. The van der Waals surface area contributed by atoms with Crippen LogP contribution in [0.2, 0.25) is 0 Å². The molecule has 0 aromatic heterocycles. The van der Waals surface area contributed by atoms with Crippen LogP contribution in [0, 0.1) is 0 Å². The predicted octanol–water partition coefficient (Wildman–Crippen LogP) is 1.79. The van der Waals surface area contributed by atoms with E-state index in [0.29, 0.717) is 11.8 Å². The van der Waals surface area contributed by atoms with Crippen molar-refractivity contribution < 1.29 is 14.6 Å². The van der Waals surface area contributed by atoms with Crippen molar-refractivity contribution in [3.05, 3.63) is 29.8 Å². The van der Waals surface area contributed by atoms with Crippen LogP contribution in [-0.4, -0.2) is 23.2 Å². The number of hydrogen-bond donors (Lipinski definition) is 2. The smallest absolute Gasteiger partial charge is 0.344 e. The van der Waals surface area contributed by atoms with Crippen molar-refractivity contribution in [2.45, 2.75) is 38.5 Å². The first-order valence-electron chi connectivity index (χ1n) is 5.87. The normalized spacial score (nSPS) is 16.5. The molecule has 1 aliphatic carbocycles. The number of carboxylic acid groups (broad SMARTS) is 1. The largest absolute Gasteiger partial charge is 0.479 e. The molecule has 17 heavy (non-hydrogen) atoms. The minimum atomic E-state index is -0.949. The zero-order chi connectivity index (χ0) is 12.3. The van der Waals surface area contributed by atoms with E-state index in [9.17, 15) is 4.79 Å². The van der Waals surface area contributed by atoms with Crippen LogP contribution in [0.4, 0.5) is 0 Å². The molecule has 4 heteroatoms. The Morgan fingerprint density at radius 2 is 2.24 bits per heavy atom. The molecule has 1 atom stereocenters. The fraction of sp³-hybridized carbons (Fsp3) is 0.462. The quantitative estimate of drug-likeness (QED) is 0.789. The molecule has 4 nitrogen and oxygen atoms in total. The minimum absolute atomic E-state index is 0.625. The van der Waals surface area contributed by atoms with Crippen molar-refractivity contribution in [2.24, 2.45) is 0 Å². The summed E-state index contributed by atoms with van der Waals surface area (Å²) in [6, 6.07) is 8.18. The third kappa shape index (κ3) is 3.46. The molecule has 0 heterocycles. The number of ether oxygens (including phenoxy) is 1. The van der Waals surface area contributed by atoms with Crippen molar-refractivity contribution in [1.82, 2.24) is 5.32 Å². The number of benzene rings is 1. The zero-order valence-corrected chi connectivity index (χ0v) is 9.85. The van der Waals surface area contributed by atoms with Crippen LogP contribution in [-0.2, 0) is 11.3 Å². The average Bonchev–Trinajstić information content (AvgIpc) is 3.11. The highest BCUT2D eigenvalue weighted by atomic mass is 16.5. The number of nitrogens with one attached hydrogen (secondary N) is 1. The Balaban J connectivity index is 2.00. The molecule has 0 amide bonds. The molecule has 2 rings (SSSR count). The van der Waals surface area contributed by atoms with Gasteiger partial charge in [-0.1, -0.05) is 18.2 Å². The molecule has 0 saturated heterocycles. The molecule has 1 aromatic carbocycles. The van der Waals surface area contributed by atoms with Gasteiger partial charge in [0.15, 0.2) is 6.10 Å². The lowest BCUT2D eigenvalue weighted by Crippen LogP contribution is -2.24. The van der Waals surface area contributed by atoms with Crippen molar-refractivity contribution >= 4 is 5.97 Å². The molecule has 1 saturated carbocycles. The van der Waals surface area contributed by atoms with Crippen molar-refractivity contribution in [3.8, 4) is 5.75 Å². The van der Waals surface area contributed by atoms with Crippen molar-refractivity contribution in [1.29, 1.82) is 0 Å². The first-order valence-corrected chi connectivity index (χ1v) is 5.87. The number of carboxylic acids is 1. The van der Waals surface area contributed by atoms with E-state index in [-0.39, 0.29) is 0 Å². The summed E-state index contributed by atoms with van der Waals surface area (Å²) in [6.45, 7) is 2.26. The molecule has 1 aromatic rings. The lowest BCUT2D eigenvalue weighted by molar-refractivity contribution is -0.144. The predicted molar refractivity (Wildman–Crippen MR) is 64.0 cm³/mol. The molecule has 1 unspecified atom stereocenters. The highest BCUT2D eigenvalue weighted by Gasteiger charge is 2.21. The second-order valence-corrected chi connectivity index (χ2v) is 4.36. The number of carbonyl (C=O) groups is 1. The highest BCUT2D eigenvalue weighted by molar-refractivity contribution is 5.72. The van der Waals surface area contributed by atoms with Crippen LogP contribution < -0.4 is 10.1 Å². The highest BCUT2D eigenvalue weighted by Crippen LogP contribution is 2.23. The van der Waals surface area contributed by atoms with E-state index in [1.54, 1.807) is 0 Å². The summed E-state index contributed by atoms with van der Waals surface area (Å²) in [4.78, 5) is 10.8. The van der Waals surface area contributed by atoms with Gasteiger partial charge in [0, 0.05) is 18.2 Å². The molecule has 0 spiro atoms. The fourth-order valence-electron chi connectivity index (χ4n) is 1.55.